The molecule has 0 bridgehead atoms. The maximum absolute atomic E-state index is 8.59. The zero-order valence-electron chi connectivity index (χ0n) is 6.62. The largest absolute Gasteiger partial charge is 0.395 e. The minimum absolute atomic E-state index is 0. The fourth-order valence-electron chi connectivity index (χ4n) is 0.868. The SMILES string of the molecule is Cl.Cl.NC(CO)CC1=CNCN1. The second-order valence-corrected chi connectivity index (χ2v) is 2.37. The normalized spacial score (nSPS) is 16.0. The Morgan fingerprint density at radius 2 is 2.25 bits per heavy atom. The molecule has 12 heavy (non-hydrogen) atoms. The molecular weight excluding hydrogens is 201 g/mol. The number of aliphatic hydroxyl groups excluding tert-OH is 1. The molecule has 1 atom stereocenters. The van der Waals surface area contributed by atoms with Crippen molar-refractivity contribution in [3.8, 4) is 0 Å². The van der Waals surface area contributed by atoms with E-state index in [1.54, 1.807) is 0 Å². The van der Waals surface area contributed by atoms with Crippen molar-refractivity contribution in [3.05, 3.63) is 11.9 Å². The van der Waals surface area contributed by atoms with Crippen molar-refractivity contribution in [2.75, 3.05) is 13.3 Å². The van der Waals surface area contributed by atoms with Crippen molar-refractivity contribution in [1.29, 1.82) is 0 Å². The molecule has 0 aromatic heterocycles. The molecule has 0 fully saturated rings. The van der Waals surface area contributed by atoms with Gasteiger partial charge in [0.1, 0.15) is 0 Å². The molecule has 4 nitrogen and oxygen atoms in total. The third-order valence-corrected chi connectivity index (χ3v) is 1.41. The van der Waals surface area contributed by atoms with Crippen LogP contribution in [-0.2, 0) is 0 Å². The van der Waals surface area contributed by atoms with Crippen molar-refractivity contribution in [2.45, 2.75) is 12.5 Å². The van der Waals surface area contributed by atoms with Gasteiger partial charge in [-0.25, -0.2) is 0 Å². The summed E-state index contributed by atoms with van der Waals surface area (Å²) in [5, 5.41) is 14.7. The number of rotatable bonds is 3. The van der Waals surface area contributed by atoms with Crippen LogP contribution in [0.5, 0.6) is 0 Å². The molecule has 0 amide bonds. The third-order valence-electron chi connectivity index (χ3n) is 1.41. The van der Waals surface area contributed by atoms with E-state index in [4.69, 9.17) is 10.8 Å². The van der Waals surface area contributed by atoms with Gasteiger partial charge in [0.05, 0.1) is 13.3 Å². The van der Waals surface area contributed by atoms with Gasteiger partial charge in [-0.2, -0.15) is 0 Å². The first-order chi connectivity index (χ1) is 4.83. The number of hydrogen-bond acceptors (Lipinski definition) is 4. The van der Waals surface area contributed by atoms with E-state index in [1.165, 1.54) is 0 Å². The Morgan fingerprint density at radius 1 is 1.58 bits per heavy atom. The Kier molecular flexibility index (Phi) is 8.97. The van der Waals surface area contributed by atoms with Gasteiger partial charge in [-0.05, 0) is 0 Å². The highest BCUT2D eigenvalue weighted by Gasteiger charge is 2.06. The Morgan fingerprint density at radius 3 is 2.67 bits per heavy atom. The smallest absolute Gasteiger partial charge is 0.0843 e. The monoisotopic (exact) mass is 215 g/mol. The van der Waals surface area contributed by atoms with Crippen molar-refractivity contribution in [1.82, 2.24) is 10.6 Å². The van der Waals surface area contributed by atoms with Crippen molar-refractivity contribution in [2.24, 2.45) is 5.73 Å². The summed E-state index contributed by atoms with van der Waals surface area (Å²) in [6, 6.07) is -0.140. The van der Waals surface area contributed by atoms with Crippen molar-refractivity contribution >= 4 is 24.8 Å². The standard InChI is InChI=1S/C6H13N3O.2ClH/c7-5(3-10)1-6-2-8-4-9-6;;/h2,5,8-10H,1,3-4,7H2;2*1H. The highest BCUT2D eigenvalue weighted by Crippen LogP contribution is 2.00. The molecule has 0 aromatic carbocycles. The Hall–Kier alpha value is -0.160. The molecule has 0 aliphatic carbocycles. The highest BCUT2D eigenvalue weighted by atomic mass is 35.5. The zero-order valence-corrected chi connectivity index (χ0v) is 8.25. The summed E-state index contributed by atoms with van der Waals surface area (Å²) in [7, 11) is 0. The van der Waals surface area contributed by atoms with E-state index in [-0.39, 0.29) is 37.5 Å². The summed E-state index contributed by atoms with van der Waals surface area (Å²) in [4.78, 5) is 0. The van der Waals surface area contributed by atoms with Crippen LogP contribution in [-0.4, -0.2) is 24.4 Å². The molecule has 0 radical (unpaired) electrons. The second kappa shape index (κ2) is 7.49. The predicted octanol–water partition coefficient (Wildman–Crippen LogP) is -0.469. The lowest BCUT2D eigenvalue weighted by atomic mass is 10.2. The van der Waals surface area contributed by atoms with E-state index >= 15 is 0 Å². The minimum Gasteiger partial charge on any atom is -0.395 e. The fraction of sp³-hybridized carbons (Fsp3) is 0.667. The molecular formula is C6H15Cl2N3O. The Bertz CT molecular complexity index is 143. The van der Waals surface area contributed by atoms with Crippen LogP contribution in [0.25, 0.3) is 0 Å². The van der Waals surface area contributed by atoms with E-state index < -0.39 is 0 Å². The number of halogens is 2. The van der Waals surface area contributed by atoms with E-state index in [1.807, 2.05) is 6.20 Å². The van der Waals surface area contributed by atoms with Gasteiger partial charge < -0.3 is 21.5 Å². The van der Waals surface area contributed by atoms with E-state index in [0.717, 1.165) is 12.4 Å². The molecule has 1 rings (SSSR count). The molecule has 1 unspecified atom stereocenters. The summed E-state index contributed by atoms with van der Waals surface area (Å²) < 4.78 is 0. The Labute approximate surface area is 84.4 Å². The number of nitrogens with one attached hydrogen (secondary N) is 2. The quantitative estimate of drug-likeness (QED) is 0.515. The number of nitrogens with two attached hydrogens (primary N) is 1. The molecule has 1 aliphatic heterocycles. The zero-order chi connectivity index (χ0) is 7.40. The maximum Gasteiger partial charge on any atom is 0.0843 e. The van der Waals surface area contributed by atoms with Crippen LogP contribution in [0.3, 0.4) is 0 Å². The van der Waals surface area contributed by atoms with Gasteiger partial charge in [0.2, 0.25) is 0 Å². The molecule has 0 aromatic rings. The minimum atomic E-state index is -0.140. The van der Waals surface area contributed by atoms with E-state index in [9.17, 15) is 0 Å². The third kappa shape index (κ3) is 4.66. The summed E-state index contributed by atoms with van der Waals surface area (Å²) in [5.41, 5.74) is 6.57. The lowest BCUT2D eigenvalue weighted by molar-refractivity contribution is 0.264. The Balaban J connectivity index is 0. The summed E-state index contributed by atoms with van der Waals surface area (Å²) in [6.07, 6.45) is 2.60. The summed E-state index contributed by atoms with van der Waals surface area (Å²) in [5.74, 6) is 0. The molecule has 1 aliphatic rings. The van der Waals surface area contributed by atoms with Crippen LogP contribution in [0.15, 0.2) is 11.9 Å². The van der Waals surface area contributed by atoms with Gasteiger partial charge in [-0.3, -0.25) is 0 Å². The molecule has 6 heteroatoms. The average molecular weight is 216 g/mol. The maximum atomic E-state index is 8.59. The van der Waals surface area contributed by atoms with Gasteiger partial charge in [0.25, 0.3) is 0 Å². The van der Waals surface area contributed by atoms with Gasteiger partial charge in [0.15, 0.2) is 0 Å². The van der Waals surface area contributed by atoms with E-state index in [2.05, 4.69) is 10.6 Å². The second-order valence-electron chi connectivity index (χ2n) is 2.37. The van der Waals surface area contributed by atoms with Crippen LogP contribution in [0, 0.1) is 0 Å². The van der Waals surface area contributed by atoms with Crippen molar-refractivity contribution in [3.63, 3.8) is 0 Å². The van der Waals surface area contributed by atoms with Crippen molar-refractivity contribution < 1.29 is 5.11 Å². The molecule has 0 saturated heterocycles. The summed E-state index contributed by atoms with van der Waals surface area (Å²) in [6.45, 7) is 0.812. The van der Waals surface area contributed by atoms with Gasteiger partial charge in [0, 0.05) is 24.4 Å². The first-order valence-electron chi connectivity index (χ1n) is 3.35. The predicted molar refractivity (Wildman–Crippen MR) is 53.4 cm³/mol. The molecule has 0 saturated carbocycles. The van der Waals surface area contributed by atoms with Crippen LogP contribution in [0.4, 0.5) is 0 Å². The summed E-state index contributed by atoms with van der Waals surface area (Å²) >= 11 is 0. The van der Waals surface area contributed by atoms with Gasteiger partial charge in [-0.1, -0.05) is 0 Å². The highest BCUT2D eigenvalue weighted by molar-refractivity contribution is 5.85. The van der Waals surface area contributed by atoms with Crippen LogP contribution in [0.2, 0.25) is 0 Å². The van der Waals surface area contributed by atoms with Gasteiger partial charge in [-0.15, -0.1) is 24.8 Å². The number of aliphatic hydroxyl groups is 1. The average Bonchev–Trinajstić information content (AvgIpc) is 2.40. The van der Waals surface area contributed by atoms with Crippen LogP contribution >= 0.6 is 24.8 Å². The molecule has 1 heterocycles. The first-order valence-corrected chi connectivity index (χ1v) is 3.35. The van der Waals surface area contributed by atoms with Gasteiger partial charge >= 0.3 is 0 Å². The molecule has 5 N–H and O–H groups in total. The topological polar surface area (TPSA) is 70.3 Å². The fourth-order valence-corrected chi connectivity index (χ4v) is 0.868. The number of hydrogen-bond donors (Lipinski definition) is 4. The lowest BCUT2D eigenvalue weighted by Crippen LogP contribution is -2.27. The van der Waals surface area contributed by atoms with E-state index in [0.29, 0.717) is 6.42 Å². The lowest BCUT2D eigenvalue weighted by Gasteiger charge is -2.07. The van der Waals surface area contributed by atoms with Crippen LogP contribution < -0.4 is 16.4 Å². The molecule has 0 spiro atoms. The first kappa shape index (κ1) is 14.4. The molecule has 74 valence electrons. The van der Waals surface area contributed by atoms with Crippen LogP contribution in [0.1, 0.15) is 6.42 Å².